The van der Waals surface area contributed by atoms with E-state index >= 15 is 0 Å². The van der Waals surface area contributed by atoms with Gasteiger partial charge in [-0.3, -0.25) is 10.1 Å². The van der Waals surface area contributed by atoms with E-state index in [9.17, 15) is 4.79 Å². The van der Waals surface area contributed by atoms with Crippen molar-refractivity contribution in [3.63, 3.8) is 0 Å². The molecule has 1 aromatic carbocycles. The molecule has 1 aromatic rings. The van der Waals surface area contributed by atoms with Crippen molar-refractivity contribution in [2.75, 3.05) is 27.2 Å². The molecule has 1 unspecified atom stereocenters. The molecule has 104 valence electrons. The van der Waals surface area contributed by atoms with Crippen LogP contribution < -0.4 is 10.1 Å². The van der Waals surface area contributed by atoms with Gasteiger partial charge in [-0.05, 0) is 36.6 Å². The summed E-state index contributed by atoms with van der Waals surface area (Å²) in [6.45, 7) is 5.61. The highest BCUT2D eigenvalue weighted by atomic mass is 16.5. The van der Waals surface area contributed by atoms with Gasteiger partial charge in [0.2, 0.25) is 5.91 Å². The van der Waals surface area contributed by atoms with Crippen molar-refractivity contribution < 1.29 is 9.53 Å². The van der Waals surface area contributed by atoms with Crippen molar-refractivity contribution in [1.82, 2.24) is 10.2 Å². The molecule has 0 saturated carbocycles. The monoisotopic (exact) mass is 262 g/mol. The molecule has 1 heterocycles. The Hall–Kier alpha value is -1.55. The number of carbonyl (C=O) groups is 1. The highest BCUT2D eigenvalue weighted by molar-refractivity contribution is 5.88. The lowest BCUT2D eigenvalue weighted by Crippen LogP contribution is -2.59. The van der Waals surface area contributed by atoms with Gasteiger partial charge in [0.15, 0.2) is 0 Å². The first kappa shape index (κ1) is 13.9. The zero-order chi connectivity index (χ0) is 14.0. The van der Waals surface area contributed by atoms with E-state index in [0.29, 0.717) is 0 Å². The Bertz CT molecular complexity index is 487. The molecule has 1 N–H and O–H groups in total. The summed E-state index contributed by atoms with van der Waals surface area (Å²) >= 11 is 0. The fourth-order valence-corrected chi connectivity index (χ4v) is 2.62. The molecule has 19 heavy (non-hydrogen) atoms. The van der Waals surface area contributed by atoms with E-state index in [1.165, 1.54) is 0 Å². The molecule has 0 bridgehead atoms. The zero-order valence-electron chi connectivity index (χ0n) is 12.1. The van der Waals surface area contributed by atoms with E-state index < -0.39 is 5.54 Å². The second-order valence-corrected chi connectivity index (χ2v) is 5.16. The summed E-state index contributed by atoms with van der Waals surface area (Å²) in [4.78, 5) is 14.2. The molecular weight excluding hydrogens is 240 g/mol. The van der Waals surface area contributed by atoms with Gasteiger partial charge in [0, 0.05) is 20.1 Å². The van der Waals surface area contributed by atoms with Gasteiger partial charge < -0.3 is 9.64 Å². The van der Waals surface area contributed by atoms with E-state index in [1.807, 2.05) is 26.1 Å². The first-order valence-electron chi connectivity index (χ1n) is 6.71. The largest absolute Gasteiger partial charge is 0.496 e. The smallest absolute Gasteiger partial charge is 0.246 e. The number of methoxy groups -OCH3 is 1. The van der Waals surface area contributed by atoms with Crippen LogP contribution in [0.1, 0.15) is 25.0 Å². The summed E-state index contributed by atoms with van der Waals surface area (Å²) in [7, 11) is 3.53. The molecule has 1 aliphatic rings. The maximum absolute atomic E-state index is 12.4. The van der Waals surface area contributed by atoms with Crippen molar-refractivity contribution in [3.05, 3.63) is 29.3 Å². The van der Waals surface area contributed by atoms with Gasteiger partial charge in [-0.1, -0.05) is 13.0 Å². The number of nitrogens with one attached hydrogen (secondary N) is 1. The number of hydrogen-bond acceptors (Lipinski definition) is 3. The van der Waals surface area contributed by atoms with Crippen LogP contribution in [0.4, 0.5) is 0 Å². The third-order valence-corrected chi connectivity index (χ3v) is 3.94. The standard InChI is InChI=1S/C15H22N2O2/c1-5-11-10-12(6-7-13(11)19-4)15(2)14(18)17(3)9-8-16-15/h6-7,10,16H,5,8-9H2,1-4H3. The van der Waals surface area contributed by atoms with Crippen LogP contribution in [0.25, 0.3) is 0 Å². The molecule has 0 radical (unpaired) electrons. The van der Waals surface area contributed by atoms with Gasteiger partial charge >= 0.3 is 0 Å². The minimum Gasteiger partial charge on any atom is -0.496 e. The third kappa shape index (κ3) is 2.32. The van der Waals surface area contributed by atoms with Gasteiger partial charge in [-0.25, -0.2) is 0 Å². The lowest BCUT2D eigenvalue weighted by molar-refractivity contribution is -0.139. The average molecular weight is 262 g/mol. The molecule has 0 spiro atoms. The lowest BCUT2D eigenvalue weighted by atomic mass is 9.87. The summed E-state index contributed by atoms with van der Waals surface area (Å²) in [6, 6.07) is 5.99. The number of nitrogens with zero attached hydrogens (tertiary/aromatic N) is 1. The second-order valence-electron chi connectivity index (χ2n) is 5.16. The van der Waals surface area contributed by atoms with Gasteiger partial charge in [0.1, 0.15) is 11.3 Å². The van der Waals surface area contributed by atoms with Crippen molar-refractivity contribution in [1.29, 1.82) is 0 Å². The Morgan fingerprint density at radius 1 is 1.47 bits per heavy atom. The van der Waals surface area contributed by atoms with Crippen LogP contribution in [0.2, 0.25) is 0 Å². The minimum absolute atomic E-state index is 0.117. The molecule has 4 nitrogen and oxygen atoms in total. The molecular formula is C15H22N2O2. The van der Waals surface area contributed by atoms with E-state index in [4.69, 9.17) is 4.74 Å². The molecule has 1 aliphatic heterocycles. The van der Waals surface area contributed by atoms with E-state index in [0.717, 1.165) is 36.4 Å². The van der Waals surface area contributed by atoms with E-state index in [2.05, 4.69) is 18.3 Å². The van der Waals surface area contributed by atoms with Gasteiger partial charge in [0.05, 0.1) is 7.11 Å². The number of hydrogen-bond donors (Lipinski definition) is 1. The van der Waals surface area contributed by atoms with Gasteiger partial charge in [-0.15, -0.1) is 0 Å². The topological polar surface area (TPSA) is 41.6 Å². The highest BCUT2D eigenvalue weighted by Gasteiger charge is 2.39. The Labute approximate surface area is 114 Å². The van der Waals surface area contributed by atoms with Crippen LogP contribution in [0, 0.1) is 0 Å². The summed E-state index contributed by atoms with van der Waals surface area (Å²) in [5.41, 5.74) is 1.49. The van der Waals surface area contributed by atoms with Crippen LogP contribution in [-0.4, -0.2) is 38.1 Å². The predicted molar refractivity (Wildman–Crippen MR) is 75.4 cm³/mol. The van der Waals surface area contributed by atoms with Crippen molar-refractivity contribution >= 4 is 5.91 Å². The number of aryl methyl sites for hydroxylation is 1. The van der Waals surface area contributed by atoms with E-state index in [-0.39, 0.29) is 5.91 Å². The van der Waals surface area contributed by atoms with Crippen LogP contribution in [0.3, 0.4) is 0 Å². The molecule has 0 aromatic heterocycles. The van der Waals surface area contributed by atoms with Crippen molar-refractivity contribution in [3.8, 4) is 5.75 Å². The number of ether oxygens (including phenoxy) is 1. The van der Waals surface area contributed by atoms with Crippen LogP contribution in [0.15, 0.2) is 18.2 Å². The SMILES string of the molecule is CCc1cc(C2(C)NCCN(C)C2=O)ccc1OC. The van der Waals surface area contributed by atoms with Gasteiger partial charge in [0.25, 0.3) is 0 Å². The van der Waals surface area contributed by atoms with Crippen molar-refractivity contribution in [2.45, 2.75) is 25.8 Å². The van der Waals surface area contributed by atoms with Crippen LogP contribution in [0.5, 0.6) is 5.75 Å². The Balaban J connectivity index is 2.42. The number of benzene rings is 1. The number of piperazine rings is 1. The zero-order valence-corrected chi connectivity index (χ0v) is 12.1. The van der Waals surface area contributed by atoms with Crippen LogP contribution >= 0.6 is 0 Å². The fourth-order valence-electron chi connectivity index (χ4n) is 2.62. The van der Waals surface area contributed by atoms with Crippen LogP contribution in [-0.2, 0) is 16.8 Å². The quantitative estimate of drug-likeness (QED) is 0.898. The Morgan fingerprint density at radius 2 is 2.21 bits per heavy atom. The average Bonchev–Trinajstić information content (AvgIpc) is 2.43. The first-order chi connectivity index (χ1) is 9.02. The predicted octanol–water partition coefficient (Wildman–Crippen LogP) is 1.53. The maximum atomic E-state index is 12.4. The number of carbonyl (C=O) groups excluding carboxylic acids is 1. The second kappa shape index (κ2) is 5.21. The number of amides is 1. The first-order valence-corrected chi connectivity index (χ1v) is 6.71. The summed E-state index contributed by atoms with van der Waals surface area (Å²) < 4.78 is 5.34. The van der Waals surface area contributed by atoms with E-state index in [1.54, 1.807) is 12.0 Å². The highest BCUT2D eigenvalue weighted by Crippen LogP contribution is 2.29. The molecule has 1 saturated heterocycles. The van der Waals surface area contributed by atoms with Gasteiger partial charge in [-0.2, -0.15) is 0 Å². The number of likely N-dealkylation sites (N-methyl/N-ethyl adjacent to an activating group) is 1. The third-order valence-electron chi connectivity index (χ3n) is 3.94. The Kier molecular flexibility index (Phi) is 3.80. The molecule has 0 aliphatic carbocycles. The minimum atomic E-state index is -0.636. The fraction of sp³-hybridized carbons (Fsp3) is 0.533. The summed E-state index contributed by atoms with van der Waals surface area (Å²) in [5.74, 6) is 0.998. The van der Waals surface area contributed by atoms with Crippen molar-refractivity contribution in [2.24, 2.45) is 0 Å². The molecule has 1 amide bonds. The molecule has 1 fully saturated rings. The lowest BCUT2D eigenvalue weighted by Gasteiger charge is -2.39. The summed E-state index contributed by atoms with van der Waals surface area (Å²) in [5, 5.41) is 3.35. The number of rotatable bonds is 3. The Morgan fingerprint density at radius 3 is 2.84 bits per heavy atom. The normalized spacial score (nSPS) is 23.6. The molecule has 4 heteroatoms. The molecule has 2 rings (SSSR count). The molecule has 1 atom stereocenters. The summed E-state index contributed by atoms with van der Waals surface area (Å²) in [6.07, 6.45) is 0.886. The maximum Gasteiger partial charge on any atom is 0.246 e.